The summed E-state index contributed by atoms with van der Waals surface area (Å²) in [6.45, 7) is 1.55. The number of carbonyl (C=O) groups is 1. The summed E-state index contributed by atoms with van der Waals surface area (Å²) in [7, 11) is 0. The van der Waals surface area contributed by atoms with Crippen LogP contribution in [0.3, 0.4) is 0 Å². The number of piperidine rings is 1. The Kier molecular flexibility index (Phi) is 4.57. The van der Waals surface area contributed by atoms with Gasteiger partial charge in [-0.2, -0.15) is 0 Å². The first-order valence-corrected chi connectivity index (χ1v) is 6.80. The monoisotopic (exact) mass is 296 g/mol. The number of rotatable bonds is 3. The van der Waals surface area contributed by atoms with Gasteiger partial charge in [0.1, 0.15) is 0 Å². The molecule has 1 amide bonds. The molecule has 1 heterocycles. The second kappa shape index (κ2) is 6.17. The van der Waals surface area contributed by atoms with Gasteiger partial charge in [0.05, 0.1) is 6.04 Å². The first kappa shape index (κ1) is 12.6. The van der Waals surface area contributed by atoms with E-state index in [9.17, 15) is 4.79 Å². The Labute approximate surface area is 110 Å². The summed E-state index contributed by atoms with van der Waals surface area (Å²) >= 11 is 3.42. The van der Waals surface area contributed by atoms with Crippen LogP contribution in [0.4, 0.5) is 0 Å². The van der Waals surface area contributed by atoms with Crippen LogP contribution in [0.5, 0.6) is 0 Å². The van der Waals surface area contributed by atoms with Gasteiger partial charge < -0.3 is 10.6 Å². The lowest BCUT2D eigenvalue weighted by Gasteiger charge is -2.22. The number of halogens is 1. The highest BCUT2D eigenvalue weighted by Gasteiger charge is 2.19. The van der Waals surface area contributed by atoms with Crippen LogP contribution in [0, 0.1) is 0 Å². The maximum absolute atomic E-state index is 11.9. The van der Waals surface area contributed by atoms with E-state index in [2.05, 4.69) is 26.6 Å². The van der Waals surface area contributed by atoms with E-state index in [1.54, 1.807) is 0 Å². The average molecular weight is 297 g/mol. The summed E-state index contributed by atoms with van der Waals surface area (Å²) in [5.74, 6) is 0.115. The Hall–Kier alpha value is -0.870. The maximum atomic E-state index is 11.9. The molecule has 0 aliphatic carbocycles. The molecule has 0 aromatic heterocycles. The molecule has 0 radical (unpaired) electrons. The predicted octanol–water partition coefficient (Wildman–Crippen LogP) is 2.21. The van der Waals surface area contributed by atoms with Crippen molar-refractivity contribution in [2.24, 2.45) is 0 Å². The van der Waals surface area contributed by atoms with Crippen molar-refractivity contribution in [3.8, 4) is 0 Å². The van der Waals surface area contributed by atoms with Gasteiger partial charge in [-0.1, -0.05) is 34.5 Å². The lowest BCUT2D eigenvalue weighted by Crippen LogP contribution is -2.46. The minimum Gasteiger partial charge on any atom is -0.351 e. The van der Waals surface area contributed by atoms with Gasteiger partial charge in [-0.3, -0.25) is 4.79 Å². The van der Waals surface area contributed by atoms with E-state index in [-0.39, 0.29) is 11.9 Å². The molecule has 3 nitrogen and oxygen atoms in total. The molecule has 1 aromatic carbocycles. The number of amides is 1. The molecule has 0 spiro atoms. The van der Waals surface area contributed by atoms with Crippen LogP contribution in [-0.2, 0) is 11.3 Å². The third-order valence-corrected chi connectivity index (χ3v) is 3.48. The quantitative estimate of drug-likeness (QED) is 0.898. The molecule has 17 heavy (non-hydrogen) atoms. The van der Waals surface area contributed by atoms with Crippen molar-refractivity contribution >= 4 is 21.8 Å². The summed E-state index contributed by atoms with van der Waals surface area (Å²) in [4.78, 5) is 11.9. The summed E-state index contributed by atoms with van der Waals surface area (Å²) in [5.41, 5.74) is 1.11. The van der Waals surface area contributed by atoms with Crippen LogP contribution in [0.15, 0.2) is 28.7 Å². The summed E-state index contributed by atoms with van der Waals surface area (Å²) in [6.07, 6.45) is 3.27. The van der Waals surface area contributed by atoms with Crippen LogP contribution in [-0.4, -0.2) is 18.5 Å². The molecule has 4 heteroatoms. The largest absolute Gasteiger partial charge is 0.351 e. The molecule has 92 valence electrons. The van der Waals surface area contributed by atoms with Gasteiger partial charge in [-0.15, -0.1) is 0 Å². The average Bonchev–Trinajstić information content (AvgIpc) is 2.37. The molecule has 1 saturated heterocycles. The zero-order valence-electron chi connectivity index (χ0n) is 9.71. The predicted molar refractivity (Wildman–Crippen MR) is 71.6 cm³/mol. The van der Waals surface area contributed by atoms with E-state index < -0.39 is 0 Å². The smallest absolute Gasteiger partial charge is 0.237 e. The SMILES string of the molecule is O=C(NCc1cccc(Br)c1)C1CCCCN1. The maximum Gasteiger partial charge on any atom is 0.237 e. The summed E-state index contributed by atoms with van der Waals surface area (Å²) in [5, 5.41) is 6.22. The first-order chi connectivity index (χ1) is 8.25. The molecular weight excluding hydrogens is 280 g/mol. The van der Waals surface area contributed by atoms with Crippen LogP contribution in [0.2, 0.25) is 0 Å². The molecular formula is C13H17BrN2O. The standard InChI is InChI=1S/C13H17BrN2O/c14-11-5-3-4-10(8-11)9-16-13(17)12-6-1-2-7-15-12/h3-5,8,12,15H,1-2,6-7,9H2,(H,16,17). The van der Waals surface area contributed by atoms with Crippen LogP contribution in [0.1, 0.15) is 24.8 Å². The Morgan fingerprint density at radius 1 is 1.47 bits per heavy atom. The van der Waals surface area contributed by atoms with E-state index >= 15 is 0 Å². The second-order valence-electron chi connectivity index (χ2n) is 4.35. The number of hydrogen-bond acceptors (Lipinski definition) is 2. The Morgan fingerprint density at radius 3 is 3.06 bits per heavy atom. The van der Waals surface area contributed by atoms with Gasteiger partial charge in [0, 0.05) is 11.0 Å². The fourth-order valence-corrected chi connectivity index (χ4v) is 2.48. The number of benzene rings is 1. The molecule has 0 saturated carbocycles. The van der Waals surface area contributed by atoms with Gasteiger partial charge in [0.15, 0.2) is 0 Å². The molecule has 1 unspecified atom stereocenters. The van der Waals surface area contributed by atoms with Gasteiger partial charge >= 0.3 is 0 Å². The van der Waals surface area contributed by atoms with E-state index in [1.165, 1.54) is 6.42 Å². The third kappa shape index (κ3) is 3.82. The number of nitrogens with one attached hydrogen (secondary N) is 2. The normalized spacial score (nSPS) is 19.9. The van der Waals surface area contributed by atoms with Crippen molar-refractivity contribution in [1.29, 1.82) is 0 Å². The lowest BCUT2D eigenvalue weighted by atomic mass is 10.0. The fraction of sp³-hybridized carbons (Fsp3) is 0.462. The molecule has 2 rings (SSSR count). The third-order valence-electron chi connectivity index (χ3n) is 2.98. The van der Waals surface area contributed by atoms with E-state index in [1.807, 2.05) is 24.3 Å². The van der Waals surface area contributed by atoms with Crippen molar-refractivity contribution in [2.75, 3.05) is 6.54 Å². The van der Waals surface area contributed by atoms with Crippen LogP contribution >= 0.6 is 15.9 Å². The van der Waals surface area contributed by atoms with E-state index in [4.69, 9.17) is 0 Å². The zero-order valence-corrected chi connectivity index (χ0v) is 11.3. The Bertz CT molecular complexity index is 389. The zero-order chi connectivity index (χ0) is 12.1. The molecule has 1 aromatic rings. The van der Waals surface area contributed by atoms with Crippen LogP contribution in [0.25, 0.3) is 0 Å². The molecule has 1 fully saturated rings. The van der Waals surface area contributed by atoms with E-state index in [0.29, 0.717) is 6.54 Å². The highest BCUT2D eigenvalue weighted by Crippen LogP contribution is 2.12. The first-order valence-electron chi connectivity index (χ1n) is 6.01. The number of hydrogen-bond donors (Lipinski definition) is 2. The lowest BCUT2D eigenvalue weighted by molar-refractivity contribution is -0.123. The van der Waals surface area contributed by atoms with Crippen molar-refractivity contribution in [1.82, 2.24) is 10.6 Å². The van der Waals surface area contributed by atoms with Gasteiger partial charge in [-0.25, -0.2) is 0 Å². The van der Waals surface area contributed by atoms with Gasteiger partial charge in [0.2, 0.25) is 5.91 Å². The fourth-order valence-electron chi connectivity index (χ4n) is 2.03. The van der Waals surface area contributed by atoms with Crippen molar-refractivity contribution in [3.63, 3.8) is 0 Å². The molecule has 1 aliphatic rings. The number of carbonyl (C=O) groups excluding carboxylic acids is 1. The van der Waals surface area contributed by atoms with E-state index in [0.717, 1.165) is 29.4 Å². The highest BCUT2D eigenvalue weighted by molar-refractivity contribution is 9.10. The Morgan fingerprint density at radius 2 is 2.35 bits per heavy atom. The van der Waals surface area contributed by atoms with Crippen molar-refractivity contribution in [3.05, 3.63) is 34.3 Å². The van der Waals surface area contributed by atoms with Gasteiger partial charge in [0.25, 0.3) is 0 Å². The second-order valence-corrected chi connectivity index (χ2v) is 5.27. The van der Waals surface area contributed by atoms with Crippen molar-refractivity contribution in [2.45, 2.75) is 31.8 Å². The van der Waals surface area contributed by atoms with Crippen molar-refractivity contribution < 1.29 is 4.79 Å². The molecule has 2 N–H and O–H groups in total. The minimum absolute atomic E-state index is 0.00379. The Balaban J connectivity index is 1.83. The molecule has 1 aliphatic heterocycles. The topological polar surface area (TPSA) is 41.1 Å². The molecule has 1 atom stereocenters. The van der Waals surface area contributed by atoms with Gasteiger partial charge in [-0.05, 0) is 37.1 Å². The highest BCUT2D eigenvalue weighted by atomic mass is 79.9. The van der Waals surface area contributed by atoms with Crippen LogP contribution < -0.4 is 10.6 Å². The summed E-state index contributed by atoms with van der Waals surface area (Å²) in [6, 6.07) is 7.99. The molecule has 0 bridgehead atoms. The minimum atomic E-state index is -0.00379. The summed E-state index contributed by atoms with van der Waals surface area (Å²) < 4.78 is 1.04.